The van der Waals surface area contributed by atoms with E-state index in [0.29, 0.717) is 10.0 Å². The molecule has 4 rings (SSSR count). The van der Waals surface area contributed by atoms with E-state index in [1.807, 2.05) is 25.3 Å². The Bertz CT molecular complexity index is 975. The van der Waals surface area contributed by atoms with Gasteiger partial charge in [0.1, 0.15) is 18.0 Å². The number of aromatic nitrogens is 3. The molecule has 1 aliphatic rings. The highest BCUT2D eigenvalue weighted by Gasteiger charge is 2.22. The molecular weight excluding hydrogens is 393 g/mol. The van der Waals surface area contributed by atoms with E-state index in [9.17, 15) is 0 Å². The molecule has 0 spiro atoms. The monoisotopic (exact) mass is 413 g/mol. The predicted octanol–water partition coefficient (Wildman–Crippen LogP) is 4.70. The number of nitrogens with one attached hydrogen (secondary N) is 1. The molecule has 0 bridgehead atoms. The van der Waals surface area contributed by atoms with E-state index in [0.717, 1.165) is 66.5 Å². The highest BCUT2D eigenvalue weighted by atomic mass is 35.5. The number of pyridine rings is 1. The van der Waals surface area contributed by atoms with Crippen molar-refractivity contribution in [1.82, 2.24) is 15.0 Å². The van der Waals surface area contributed by atoms with Crippen molar-refractivity contribution in [2.75, 3.05) is 23.3 Å². The molecule has 7 heteroatoms. The molecule has 3 aromatic rings. The van der Waals surface area contributed by atoms with Crippen LogP contribution in [0.5, 0.6) is 0 Å². The van der Waals surface area contributed by atoms with Gasteiger partial charge in [-0.05, 0) is 42.7 Å². The number of anilines is 2. The highest BCUT2D eigenvalue weighted by molar-refractivity contribution is 6.35. The molecule has 28 heavy (non-hydrogen) atoms. The summed E-state index contributed by atoms with van der Waals surface area (Å²) in [7, 11) is 0. The molecule has 0 radical (unpaired) electrons. The number of fused-ring (bicyclic) bond motifs is 1. The SMILES string of the molecule is Cc1ccc(N2CCc3ncnc(NCCc4ccc(Cl)cc4Cl)c3C2)nc1. The minimum atomic E-state index is 0.649. The Labute approximate surface area is 174 Å². The first-order chi connectivity index (χ1) is 13.6. The molecule has 1 N–H and O–H groups in total. The van der Waals surface area contributed by atoms with Crippen LogP contribution in [-0.2, 0) is 19.4 Å². The van der Waals surface area contributed by atoms with Gasteiger partial charge in [0.15, 0.2) is 0 Å². The van der Waals surface area contributed by atoms with Crippen LogP contribution in [0, 0.1) is 6.92 Å². The third kappa shape index (κ3) is 4.21. The fraction of sp³-hybridized carbons (Fsp3) is 0.286. The molecule has 0 saturated carbocycles. The van der Waals surface area contributed by atoms with Gasteiger partial charge in [0.05, 0.1) is 5.69 Å². The van der Waals surface area contributed by atoms with Crippen molar-refractivity contribution in [3.8, 4) is 0 Å². The molecule has 3 heterocycles. The van der Waals surface area contributed by atoms with E-state index in [2.05, 4.69) is 37.3 Å². The van der Waals surface area contributed by atoms with Gasteiger partial charge in [-0.15, -0.1) is 0 Å². The van der Waals surface area contributed by atoms with Crippen LogP contribution < -0.4 is 10.2 Å². The minimum absolute atomic E-state index is 0.649. The van der Waals surface area contributed by atoms with E-state index in [4.69, 9.17) is 23.2 Å². The summed E-state index contributed by atoms with van der Waals surface area (Å²) in [5.41, 5.74) is 4.46. The molecule has 0 unspecified atom stereocenters. The maximum atomic E-state index is 6.27. The number of benzene rings is 1. The lowest BCUT2D eigenvalue weighted by Crippen LogP contribution is -2.32. The van der Waals surface area contributed by atoms with Gasteiger partial charge >= 0.3 is 0 Å². The van der Waals surface area contributed by atoms with Crippen LogP contribution in [0.3, 0.4) is 0 Å². The molecule has 0 saturated heterocycles. The molecule has 1 aromatic carbocycles. The molecule has 0 fully saturated rings. The van der Waals surface area contributed by atoms with E-state index < -0.39 is 0 Å². The van der Waals surface area contributed by atoms with Crippen LogP contribution in [0.15, 0.2) is 42.9 Å². The van der Waals surface area contributed by atoms with Gasteiger partial charge in [-0.1, -0.05) is 35.3 Å². The molecule has 0 atom stereocenters. The second-order valence-corrected chi connectivity index (χ2v) is 7.77. The van der Waals surface area contributed by atoms with Gasteiger partial charge in [-0.3, -0.25) is 0 Å². The Morgan fingerprint density at radius 2 is 2.00 bits per heavy atom. The van der Waals surface area contributed by atoms with Gasteiger partial charge in [0, 0.05) is 47.9 Å². The Balaban J connectivity index is 1.47. The summed E-state index contributed by atoms with van der Waals surface area (Å²) in [6, 6.07) is 9.76. The van der Waals surface area contributed by atoms with Crippen molar-refractivity contribution in [2.45, 2.75) is 26.3 Å². The third-order valence-electron chi connectivity index (χ3n) is 4.92. The standard InChI is InChI=1S/C21H21Cl2N5/c1-14-2-5-20(25-11-14)28-9-7-19-17(12-28)21(27-13-26-19)24-8-6-15-3-4-16(22)10-18(15)23/h2-5,10-11,13H,6-9,12H2,1H3,(H,24,26,27). The highest BCUT2D eigenvalue weighted by Crippen LogP contribution is 2.26. The number of hydrogen-bond donors (Lipinski definition) is 1. The van der Waals surface area contributed by atoms with Gasteiger partial charge in [0.25, 0.3) is 0 Å². The zero-order valence-electron chi connectivity index (χ0n) is 15.6. The largest absolute Gasteiger partial charge is 0.369 e. The lowest BCUT2D eigenvalue weighted by Gasteiger charge is -2.30. The summed E-state index contributed by atoms with van der Waals surface area (Å²) < 4.78 is 0. The van der Waals surface area contributed by atoms with Gasteiger partial charge in [0.2, 0.25) is 0 Å². The Morgan fingerprint density at radius 3 is 2.79 bits per heavy atom. The maximum absolute atomic E-state index is 6.27. The number of halogens is 2. The number of nitrogens with zero attached hydrogens (tertiary/aromatic N) is 4. The first-order valence-corrected chi connectivity index (χ1v) is 10.0. The van der Waals surface area contributed by atoms with Crippen molar-refractivity contribution in [3.63, 3.8) is 0 Å². The number of rotatable bonds is 5. The molecule has 0 aliphatic carbocycles. The van der Waals surface area contributed by atoms with Crippen LogP contribution in [0.1, 0.15) is 22.4 Å². The van der Waals surface area contributed by atoms with Crippen molar-refractivity contribution in [1.29, 1.82) is 0 Å². The molecule has 0 amide bonds. The van der Waals surface area contributed by atoms with Crippen LogP contribution >= 0.6 is 23.2 Å². The average Bonchev–Trinajstić information content (AvgIpc) is 2.70. The summed E-state index contributed by atoms with van der Waals surface area (Å²) in [5, 5.41) is 4.79. The zero-order valence-corrected chi connectivity index (χ0v) is 17.1. The fourth-order valence-electron chi connectivity index (χ4n) is 3.38. The molecule has 2 aromatic heterocycles. The van der Waals surface area contributed by atoms with Gasteiger partial charge in [-0.25, -0.2) is 15.0 Å². The first kappa shape index (κ1) is 19.0. The van der Waals surface area contributed by atoms with Crippen molar-refractivity contribution < 1.29 is 0 Å². The van der Waals surface area contributed by atoms with E-state index in [-0.39, 0.29) is 0 Å². The molecular formula is C21H21Cl2N5. The Morgan fingerprint density at radius 1 is 1.11 bits per heavy atom. The zero-order chi connectivity index (χ0) is 19.5. The number of hydrogen-bond acceptors (Lipinski definition) is 5. The number of aryl methyl sites for hydroxylation is 1. The summed E-state index contributed by atoms with van der Waals surface area (Å²) in [6.07, 6.45) is 5.21. The predicted molar refractivity (Wildman–Crippen MR) is 114 cm³/mol. The quantitative estimate of drug-likeness (QED) is 0.656. The molecule has 144 valence electrons. The summed E-state index contributed by atoms with van der Waals surface area (Å²) in [5.74, 6) is 1.87. The maximum Gasteiger partial charge on any atom is 0.134 e. The summed E-state index contributed by atoms with van der Waals surface area (Å²) >= 11 is 12.2. The van der Waals surface area contributed by atoms with Crippen molar-refractivity contribution in [3.05, 3.63) is 75.3 Å². The van der Waals surface area contributed by atoms with Crippen LogP contribution in [0.4, 0.5) is 11.6 Å². The van der Waals surface area contributed by atoms with E-state index in [1.54, 1.807) is 12.4 Å². The molecule has 1 aliphatic heterocycles. The van der Waals surface area contributed by atoms with E-state index in [1.165, 1.54) is 0 Å². The Hall–Kier alpha value is -2.37. The minimum Gasteiger partial charge on any atom is -0.369 e. The second-order valence-electron chi connectivity index (χ2n) is 6.93. The topological polar surface area (TPSA) is 53.9 Å². The summed E-state index contributed by atoms with van der Waals surface area (Å²) in [6.45, 7) is 4.43. The van der Waals surface area contributed by atoms with Gasteiger partial charge < -0.3 is 10.2 Å². The average molecular weight is 414 g/mol. The van der Waals surface area contributed by atoms with Gasteiger partial charge in [-0.2, -0.15) is 0 Å². The normalized spacial score (nSPS) is 13.3. The lowest BCUT2D eigenvalue weighted by atomic mass is 10.1. The van der Waals surface area contributed by atoms with Crippen LogP contribution in [0.2, 0.25) is 10.0 Å². The fourth-order valence-corrected chi connectivity index (χ4v) is 3.88. The third-order valence-corrected chi connectivity index (χ3v) is 5.51. The summed E-state index contributed by atoms with van der Waals surface area (Å²) in [4.78, 5) is 15.8. The Kier molecular flexibility index (Phi) is 5.64. The van der Waals surface area contributed by atoms with Crippen LogP contribution in [-0.4, -0.2) is 28.0 Å². The molecule has 5 nitrogen and oxygen atoms in total. The smallest absolute Gasteiger partial charge is 0.134 e. The van der Waals surface area contributed by atoms with Crippen molar-refractivity contribution >= 4 is 34.8 Å². The first-order valence-electron chi connectivity index (χ1n) is 9.28. The van der Waals surface area contributed by atoms with Crippen molar-refractivity contribution in [2.24, 2.45) is 0 Å². The lowest BCUT2D eigenvalue weighted by molar-refractivity contribution is 0.697. The van der Waals surface area contributed by atoms with Crippen LogP contribution in [0.25, 0.3) is 0 Å². The second kappa shape index (κ2) is 8.33. The van der Waals surface area contributed by atoms with E-state index >= 15 is 0 Å².